The van der Waals surface area contributed by atoms with Gasteiger partial charge in [-0.05, 0) is 33.8 Å². The summed E-state index contributed by atoms with van der Waals surface area (Å²) in [6.45, 7) is 11.8. The quantitative estimate of drug-likeness (QED) is 0.238. The van der Waals surface area contributed by atoms with E-state index in [-0.39, 0.29) is 18.7 Å². The molecular formula is C19H25N5O5. The van der Waals surface area contributed by atoms with Gasteiger partial charge in [0.2, 0.25) is 0 Å². The van der Waals surface area contributed by atoms with Crippen LogP contribution in [0.5, 0.6) is 0 Å². The highest BCUT2D eigenvalue weighted by atomic mass is 16.8. The van der Waals surface area contributed by atoms with E-state index < -0.39 is 11.8 Å². The third kappa shape index (κ3) is 4.83. The van der Waals surface area contributed by atoms with Crippen LogP contribution < -0.4 is 0 Å². The smallest absolute Gasteiger partial charge is 0.427 e. The van der Waals surface area contributed by atoms with Gasteiger partial charge in [-0.15, -0.1) is 6.58 Å². The third-order valence-electron chi connectivity index (χ3n) is 4.18. The van der Waals surface area contributed by atoms with Crippen LogP contribution in [0.3, 0.4) is 0 Å². The first-order chi connectivity index (χ1) is 13.7. The van der Waals surface area contributed by atoms with Crippen LogP contribution >= 0.6 is 0 Å². The zero-order valence-electron chi connectivity index (χ0n) is 17.0. The summed E-state index contributed by atoms with van der Waals surface area (Å²) >= 11 is 0. The second-order valence-corrected chi connectivity index (χ2v) is 7.70. The van der Waals surface area contributed by atoms with E-state index in [9.17, 15) is 9.59 Å². The molecular weight excluding hydrogens is 378 g/mol. The van der Waals surface area contributed by atoms with Crippen LogP contribution in [-0.4, -0.2) is 69.0 Å². The van der Waals surface area contributed by atoms with Gasteiger partial charge in [0.15, 0.2) is 0 Å². The highest BCUT2D eigenvalue weighted by Crippen LogP contribution is 2.26. The topological polar surface area (TPSA) is 98.5 Å². The molecule has 0 N–H and O–H groups in total. The predicted octanol–water partition coefficient (Wildman–Crippen LogP) is 2.64. The molecule has 1 unspecified atom stereocenters. The number of rotatable bonds is 6. The van der Waals surface area contributed by atoms with Crippen LogP contribution in [0.4, 0.5) is 9.59 Å². The van der Waals surface area contributed by atoms with Crippen LogP contribution in [-0.2, 0) is 14.4 Å². The maximum absolute atomic E-state index is 12.4. The number of nitrogens with zero attached hydrogens (tertiary/aromatic N) is 5. The summed E-state index contributed by atoms with van der Waals surface area (Å²) in [6, 6.07) is -0.372. The normalized spacial score (nSPS) is 19.3. The second kappa shape index (κ2) is 8.08. The Morgan fingerprint density at radius 2 is 2.21 bits per heavy atom. The second-order valence-electron chi connectivity index (χ2n) is 7.70. The van der Waals surface area contributed by atoms with Gasteiger partial charge >= 0.3 is 12.2 Å². The Morgan fingerprint density at radius 3 is 2.90 bits per heavy atom. The molecule has 1 aromatic heterocycles. The molecule has 2 bridgehead atoms. The number of carbonyl (C=O) groups excluding carboxylic acids is 2. The molecule has 3 rings (SSSR count). The summed E-state index contributed by atoms with van der Waals surface area (Å²) in [5.41, 5.74) is 1.32. The van der Waals surface area contributed by atoms with E-state index in [4.69, 9.17) is 14.4 Å². The Kier molecular flexibility index (Phi) is 5.73. The van der Waals surface area contributed by atoms with Crippen molar-refractivity contribution in [3.8, 4) is 0 Å². The van der Waals surface area contributed by atoms with E-state index in [2.05, 4.69) is 16.8 Å². The highest BCUT2D eigenvalue weighted by Gasteiger charge is 2.41. The fourth-order valence-corrected chi connectivity index (χ4v) is 2.91. The van der Waals surface area contributed by atoms with Crippen LogP contribution in [0, 0.1) is 0 Å². The van der Waals surface area contributed by atoms with Gasteiger partial charge in [0.25, 0.3) is 0 Å². The van der Waals surface area contributed by atoms with Crippen molar-refractivity contribution in [1.29, 1.82) is 0 Å². The van der Waals surface area contributed by atoms with E-state index >= 15 is 0 Å². The number of carbonyl (C=O) groups is 2. The molecule has 0 spiro atoms. The lowest BCUT2D eigenvalue weighted by atomic mass is 10.2. The Morgan fingerprint density at radius 1 is 1.45 bits per heavy atom. The molecule has 10 nitrogen and oxygen atoms in total. The minimum absolute atomic E-state index is 0.181. The van der Waals surface area contributed by atoms with E-state index in [0.717, 1.165) is 5.70 Å². The van der Waals surface area contributed by atoms with Crippen LogP contribution in [0.2, 0.25) is 0 Å². The van der Waals surface area contributed by atoms with E-state index in [1.165, 1.54) is 5.06 Å². The minimum Gasteiger partial charge on any atom is -0.427 e. The lowest BCUT2D eigenvalue weighted by Gasteiger charge is -2.21. The Balaban J connectivity index is 1.68. The van der Waals surface area contributed by atoms with Gasteiger partial charge < -0.3 is 9.64 Å². The van der Waals surface area contributed by atoms with Crippen molar-refractivity contribution in [2.45, 2.75) is 39.3 Å². The van der Waals surface area contributed by atoms with Gasteiger partial charge in [-0.2, -0.15) is 10.2 Å². The zero-order valence-corrected chi connectivity index (χ0v) is 17.0. The number of hydrogen-bond donors (Lipinski definition) is 0. The molecule has 1 fully saturated rings. The molecule has 3 heterocycles. The summed E-state index contributed by atoms with van der Waals surface area (Å²) in [6.07, 6.45) is 6.04. The average Bonchev–Trinajstić information content (AvgIpc) is 3.21. The third-order valence-corrected chi connectivity index (χ3v) is 4.18. The van der Waals surface area contributed by atoms with Crippen molar-refractivity contribution in [2.24, 2.45) is 5.16 Å². The van der Waals surface area contributed by atoms with Crippen molar-refractivity contribution in [1.82, 2.24) is 19.7 Å². The summed E-state index contributed by atoms with van der Waals surface area (Å²) < 4.78 is 6.72. The summed E-state index contributed by atoms with van der Waals surface area (Å²) in [5, 5.41) is 9.50. The van der Waals surface area contributed by atoms with Gasteiger partial charge in [-0.1, -0.05) is 11.2 Å². The summed E-state index contributed by atoms with van der Waals surface area (Å²) in [4.78, 5) is 35.9. The number of ether oxygens (including phenoxy) is 1. The first kappa shape index (κ1) is 20.6. The molecule has 0 radical (unpaired) electrons. The maximum atomic E-state index is 12.4. The van der Waals surface area contributed by atoms with Crippen molar-refractivity contribution in [3.05, 3.63) is 36.7 Å². The lowest BCUT2D eigenvalue weighted by Crippen LogP contribution is -2.33. The molecule has 0 aromatic carbocycles. The largest absolute Gasteiger partial charge is 0.535 e. The predicted molar refractivity (Wildman–Crippen MR) is 105 cm³/mol. The standard InChI is InChI=1S/C19H25N5O5/c1-6-7-27-24-16-8-15(11-22(12-16)17(24)25)23-10-14(9-20-23)13(2)21-29-18(26)28-19(3,4)5/h6,8-10,16H,1,7,11-12H2,2-5H3/b21-13+. The van der Waals surface area contributed by atoms with Crippen molar-refractivity contribution in [2.75, 3.05) is 19.7 Å². The number of urea groups is 1. The number of amides is 2. The van der Waals surface area contributed by atoms with Crippen molar-refractivity contribution < 1.29 is 24.0 Å². The van der Waals surface area contributed by atoms with E-state index in [0.29, 0.717) is 24.4 Å². The van der Waals surface area contributed by atoms with Gasteiger partial charge in [0.05, 0.1) is 36.8 Å². The molecule has 1 saturated heterocycles. The Bertz CT molecular complexity index is 867. The van der Waals surface area contributed by atoms with Crippen LogP contribution in [0.15, 0.2) is 36.3 Å². The van der Waals surface area contributed by atoms with E-state index in [1.54, 1.807) is 55.7 Å². The van der Waals surface area contributed by atoms with Crippen molar-refractivity contribution in [3.63, 3.8) is 0 Å². The molecule has 0 aliphatic carbocycles. The maximum Gasteiger partial charge on any atom is 0.535 e. The fourth-order valence-electron chi connectivity index (χ4n) is 2.91. The molecule has 29 heavy (non-hydrogen) atoms. The SMILES string of the molecule is C=CCON1C(=O)N2CC(n3cc(/C(C)=N/OC(=O)OC(C)(C)C)cn3)=CC1C2. The number of fused-ring (bicyclic) bond motifs is 2. The molecule has 2 aliphatic rings. The minimum atomic E-state index is -0.873. The molecule has 1 aromatic rings. The number of hydrogen-bond acceptors (Lipinski definition) is 7. The van der Waals surface area contributed by atoms with Gasteiger partial charge in [-0.25, -0.2) is 14.3 Å². The molecule has 2 amide bonds. The first-order valence-electron chi connectivity index (χ1n) is 9.20. The zero-order chi connectivity index (χ0) is 21.2. The van der Waals surface area contributed by atoms with Crippen LogP contribution in [0.1, 0.15) is 33.3 Å². The highest BCUT2D eigenvalue weighted by molar-refractivity contribution is 5.98. The van der Waals surface area contributed by atoms with Crippen LogP contribution in [0.25, 0.3) is 5.70 Å². The molecule has 10 heteroatoms. The monoisotopic (exact) mass is 403 g/mol. The molecule has 1 atom stereocenters. The molecule has 0 saturated carbocycles. The molecule has 2 aliphatic heterocycles. The van der Waals surface area contributed by atoms with Gasteiger partial charge in [0.1, 0.15) is 5.60 Å². The summed E-state index contributed by atoms with van der Waals surface area (Å²) in [5.74, 6) is 0. The first-order valence-corrected chi connectivity index (χ1v) is 9.20. The van der Waals surface area contributed by atoms with Crippen molar-refractivity contribution >= 4 is 23.6 Å². The number of aromatic nitrogens is 2. The average molecular weight is 403 g/mol. The number of hydroxylamine groups is 2. The van der Waals surface area contributed by atoms with Gasteiger partial charge in [-0.3, -0.25) is 9.68 Å². The van der Waals surface area contributed by atoms with E-state index in [1.807, 2.05) is 6.08 Å². The van der Waals surface area contributed by atoms with Gasteiger partial charge in [0, 0.05) is 18.3 Å². The Labute approximate surface area is 168 Å². The lowest BCUT2D eigenvalue weighted by molar-refractivity contribution is -0.107. The number of oxime groups is 1. The molecule has 156 valence electrons. The fraction of sp³-hybridized carbons (Fsp3) is 0.474. The summed E-state index contributed by atoms with van der Waals surface area (Å²) in [7, 11) is 0. The Hall–Kier alpha value is -3.14.